The van der Waals surface area contributed by atoms with Gasteiger partial charge in [-0.3, -0.25) is 9.59 Å². The van der Waals surface area contributed by atoms with Crippen molar-refractivity contribution in [2.24, 2.45) is 0 Å². The molecule has 1 N–H and O–H groups in total. The molecule has 8 nitrogen and oxygen atoms in total. The predicted octanol–water partition coefficient (Wildman–Crippen LogP) is 4.70. The second kappa shape index (κ2) is 11.9. The zero-order chi connectivity index (χ0) is 25.5. The second-order valence-electron chi connectivity index (χ2n) is 8.36. The molecule has 0 radical (unpaired) electrons. The molecular formula is C27H36N2O6. The lowest BCUT2D eigenvalue weighted by Gasteiger charge is -2.28. The highest BCUT2D eigenvalue weighted by Crippen LogP contribution is 2.42. The van der Waals surface area contributed by atoms with E-state index in [1.165, 1.54) is 0 Å². The first kappa shape index (κ1) is 26.3. The fourth-order valence-electron chi connectivity index (χ4n) is 4.39. The maximum absolute atomic E-state index is 13.4. The third-order valence-corrected chi connectivity index (χ3v) is 6.16. The third-order valence-electron chi connectivity index (χ3n) is 6.16. The maximum atomic E-state index is 13.4. The SMILES string of the molecule is CCOc1ccc(C2C(C(=O)c3ccc(C)o3)=C(O)C(=O)N2CCCN(CC)CC)cc1OCC. The van der Waals surface area contributed by atoms with E-state index in [4.69, 9.17) is 13.9 Å². The Bertz CT molecular complexity index is 1070. The lowest BCUT2D eigenvalue weighted by Crippen LogP contribution is -2.34. The van der Waals surface area contributed by atoms with Crippen molar-refractivity contribution in [2.75, 3.05) is 39.4 Å². The summed E-state index contributed by atoms with van der Waals surface area (Å²) in [5.41, 5.74) is 0.669. The van der Waals surface area contributed by atoms with Gasteiger partial charge in [0, 0.05) is 6.54 Å². The van der Waals surface area contributed by atoms with Gasteiger partial charge in [-0.1, -0.05) is 19.9 Å². The summed E-state index contributed by atoms with van der Waals surface area (Å²) < 4.78 is 17.0. The van der Waals surface area contributed by atoms with Crippen molar-refractivity contribution in [3.63, 3.8) is 0 Å². The number of aryl methyl sites for hydroxylation is 1. The van der Waals surface area contributed by atoms with Crippen LogP contribution in [0.1, 0.15) is 62.0 Å². The summed E-state index contributed by atoms with van der Waals surface area (Å²) in [5.74, 6) is 0.157. The topological polar surface area (TPSA) is 92.5 Å². The number of nitrogens with zero attached hydrogens (tertiary/aromatic N) is 2. The van der Waals surface area contributed by atoms with E-state index in [-0.39, 0.29) is 11.3 Å². The van der Waals surface area contributed by atoms with Gasteiger partial charge in [0.2, 0.25) is 5.78 Å². The highest BCUT2D eigenvalue weighted by atomic mass is 16.5. The van der Waals surface area contributed by atoms with Gasteiger partial charge in [0.05, 0.1) is 24.8 Å². The molecule has 3 rings (SSSR count). The Labute approximate surface area is 207 Å². The summed E-state index contributed by atoms with van der Waals surface area (Å²) in [6, 6.07) is 7.84. The molecule has 0 saturated heterocycles. The molecule has 0 saturated carbocycles. The van der Waals surface area contributed by atoms with E-state index in [1.54, 1.807) is 36.1 Å². The average molecular weight is 485 g/mol. The normalized spacial score (nSPS) is 15.9. The van der Waals surface area contributed by atoms with E-state index in [1.807, 2.05) is 19.9 Å². The fraction of sp³-hybridized carbons (Fsp3) is 0.481. The Morgan fingerprint density at radius 3 is 2.34 bits per heavy atom. The number of amides is 1. The molecular weight excluding hydrogens is 448 g/mol. The second-order valence-corrected chi connectivity index (χ2v) is 8.36. The number of rotatable bonds is 13. The number of aliphatic hydroxyl groups excluding tert-OH is 1. The van der Waals surface area contributed by atoms with Crippen LogP contribution in [0.2, 0.25) is 0 Å². The van der Waals surface area contributed by atoms with E-state index in [0.717, 1.165) is 19.6 Å². The van der Waals surface area contributed by atoms with Crippen LogP contribution in [0.5, 0.6) is 11.5 Å². The number of benzene rings is 1. The number of carbonyl (C=O) groups is 2. The average Bonchev–Trinajstić information content (AvgIpc) is 3.39. The highest BCUT2D eigenvalue weighted by Gasteiger charge is 2.44. The first-order valence-electron chi connectivity index (χ1n) is 12.3. The van der Waals surface area contributed by atoms with Crippen molar-refractivity contribution in [1.29, 1.82) is 0 Å². The van der Waals surface area contributed by atoms with Crippen molar-refractivity contribution in [1.82, 2.24) is 9.80 Å². The van der Waals surface area contributed by atoms with E-state index in [0.29, 0.717) is 49.0 Å². The minimum absolute atomic E-state index is 0.0128. The number of carbonyl (C=O) groups excluding carboxylic acids is 2. The minimum atomic E-state index is -0.771. The van der Waals surface area contributed by atoms with Gasteiger partial charge in [-0.05, 0) is 76.7 Å². The number of furan rings is 1. The molecule has 1 amide bonds. The van der Waals surface area contributed by atoms with Crippen LogP contribution in [0.3, 0.4) is 0 Å². The predicted molar refractivity (Wildman–Crippen MR) is 133 cm³/mol. The van der Waals surface area contributed by atoms with Crippen molar-refractivity contribution >= 4 is 11.7 Å². The van der Waals surface area contributed by atoms with E-state index >= 15 is 0 Å². The number of aliphatic hydroxyl groups is 1. The Hall–Kier alpha value is -3.26. The summed E-state index contributed by atoms with van der Waals surface area (Å²) >= 11 is 0. The van der Waals surface area contributed by atoms with Crippen LogP contribution in [0, 0.1) is 6.92 Å². The van der Waals surface area contributed by atoms with Gasteiger partial charge in [-0.2, -0.15) is 0 Å². The molecule has 190 valence electrons. The Morgan fingerprint density at radius 2 is 1.74 bits per heavy atom. The largest absolute Gasteiger partial charge is 0.503 e. The fourth-order valence-corrected chi connectivity index (χ4v) is 4.39. The molecule has 0 aliphatic carbocycles. The van der Waals surface area contributed by atoms with Crippen molar-refractivity contribution in [2.45, 2.75) is 47.1 Å². The van der Waals surface area contributed by atoms with Gasteiger partial charge < -0.3 is 28.8 Å². The quantitative estimate of drug-likeness (QED) is 0.412. The van der Waals surface area contributed by atoms with E-state index < -0.39 is 23.5 Å². The Morgan fingerprint density at radius 1 is 1.06 bits per heavy atom. The summed E-state index contributed by atoms with van der Waals surface area (Å²) in [6.07, 6.45) is 0.702. The van der Waals surface area contributed by atoms with Crippen LogP contribution >= 0.6 is 0 Å². The highest BCUT2D eigenvalue weighted by molar-refractivity contribution is 6.15. The lowest BCUT2D eigenvalue weighted by molar-refractivity contribution is -0.129. The number of Topliss-reactive ketones (excluding diaryl/α,β-unsaturated/α-hetero) is 1. The van der Waals surface area contributed by atoms with Crippen LogP contribution < -0.4 is 9.47 Å². The number of ketones is 1. The molecule has 1 aromatic heterocycles. The molecule has 1 aliphatic heterocycles. The van der Waals surface area contributed by atoms with E-state index in [9.17, 15) is 14.7 Å². The van der Waals surface area contributed by atoms with Crippen molar-refractivity contribution in [3.05, 3.63) is 58.7 Å². The maximum Gasteiger partial charge on any atom is 0.290 e. The number of hydrogen-bond donors (Lipinski definition) is 1. The Balaban J connectivity index is 2.03. The van der Waals surface area contributed by atoms with Crippen LogP contribution in [-0.2, 0) is 4.79 Å². The summed E-state index contributed by atoms with van der Waals surface area (Å²) in [6.45, 7) is 13.6. The summed E-state index contributed by atoms with van der Waals surface area (Å²) in [5, 5.41) is 10.9. The van der Waals surface area contributed by atoms with Gasteiger partial charge in [-0.15, -0.1) is 0 Å². The van der Waals surface area contributed by atoms with Crippen LogP contribution in [0.4, 0.5) is 0 Å². The number of hydrogen-bond acceptors (Lipinski definition) is 7. The molecule has 8 heteroatoms. The van der Waals surface area contributed by atoms with Gasteiger partial charge in [0.25, 0.3) is 5.91 Å². The number of ether oxygens (including phenoxy) is 2. The first-order chi connectivity index (χ1) is 16.9. The minimum Gasteiger partial charge on any atom is -0.503 e. The molecule has 0 fully saturated rings. The zero-order valence-electron chi connectivity index (χ0n) is 21.3. The lowest BCUT2D eigenvalue weighted by atomic mass is 9.94. The van der Waals surface area contributed by atoms with Gasteiger partial charge in [0.15, 0.2) is 23.0 Å². The monoisotopic (exact) mass is 484 g/mol. The molecule has 1 aromatic carbocycles. The zero-order valence-corrected chi connectivity index (χ0v) is 21.3. The van der Waals surface area contributed by atoms with Crippen LogP contribution in [0.15, 0.2) is 46.1 Å². The summed E-state index contributed by atoms with van der Waals surface area (Å²) in [4.78, 5) is 30.5. The van der Waals surface area contributed by atoms with Crippen molar-refractivity contribution < 1.29 is 28.6 Å². The first-order valence-corrected chi connectivity index (χ1v) is 12.3. The molecule has 1 aliphatic rings. The molecule has 0 spiro atoms. The van der Waals surface area contributed by atoms with Crippen molar-refractivity contribution in [3.8, 4) is 11.5 Å². The molecule has 1 atom stereocenters. The third kappa shape index (κ3) is 5.70. The molecule has 2 aromatic rings. The molecule has 2 heterocycles. The van der Waals surface area contributed by atoms with E-state index in [2.05, 4.69) is 18.7 Å². The van der Waals surface area contributed by atoms with Gasteiger partial charge in [-0.25, -0.2) is 0 Å². The summed E-state index contributed by atoms with van der Waals surface area (Å²) in [7, 11) is 0. The smallest absolute Gasteiger partial charge is 0.290 e. The van der Waals surface area contributed by atoms with Gasteiger partial charge >= 0.3 is 0 Å². The molecule has 0 bridgehead atoms. The van der Waals surface area contributed by atoms with Crippen LogP contribution in [-0.4, -0.2) is 66.0 Å². The van der Waals surface area contributed by atoms with Gasteiger partial charge in [0.1, 0.15) is 5.76 Å². The standard InChI is InChI=1S/C27H36N2O6/c1-6-28(7-2)15-10-16-29-24(19-12-14-20(33-8-3)22(17-19)34-9-4)23(26(31)27(29)32)25(30)21-13-11-18(5)35-21/h11-14,17,24,31H,6-10,15-16H2,1-5H3. The molecule has 35 heavy (non-hydrogen) atoms. The Kier molecular flexibility index (Phi) is 8.98. The molecule has 1 unspecified atom stereocenters. The van der Waals surface area contributed by atoms with Crippen LogP contribution in [0.25, 0.3) is 0 Å².